The van der Waals surface area contributed by atoms with Gasteiger partial charge in [-0.3, -0.25) is 10.1 Å². The van der Waals surface area contributed by atoms with E-state index in [1.54, 1.807) is 0 Å². The van der Waals surface area contributed by atoms with E-state index >= 15 is 0 Å². The van der Waals surface area contributed by atoms with Gasteiger partial charge in [0.05, 0.1) is 23.2 Å². The van der Waals surface area contributed by atoms with Crippen LogP contribution in [0.1, 0.15) is 50.4 Å². The zero-order valence-corrected chi connectivity index (χ0v) is 19.2. The Morgan fingerprint density at radius 2 is 1.82 bits per heavy atom. The molecule has 1 aliphatic carbocycles. The Hall–Kier alpha value is -3.13. The van der Waals surface area contributed by atoms with E-state index in [4.69, 9.17) is 19.3 Å². The maximum Gasteiger partial charge on any atom is 0.335 e. The number of carboxylic acid groups (broad SMARTS) is 1. The molecule has 3 rings (SSSR count). The van der Waals surface area contributed by atoms with Crippen molar-refractivity contribution in [3.8, 4) is 17.2 Å². The molecule has 0 saturated heterocycles. The van der Waals surface area contributed by atoms with Crippen molar-refractivity contribution in [3.05, 3.63) is 58.1 Å². The van der Waals surface area contributed by atoms with Crippen LogP contribution in [0.3, 0.4) is 0 Å². The van der Waals surface area contributed by atoms with Crippen LogP contribution >= 0.6 is 0 Å². The van der Waals surface area contributed by atoms with Gasteiger partial charge >= 0.3 is 11.7 Å². The van der Waals surface area contributed by atoms with E-state index < -0.39 is 10.9 Å². The highest BCUT2D eigenvalue weighted by atomic mass is 16.6. The summed E-state index contributed by atoms with van der Waals surface area (Å²) in [6.45, 7) is 7.54. The first kappa shape index (κ1) is 24.5. The summed E-state index contributed by atoms with van der Waals surface area (Å²) in [4.78, 5) is 21.9. The van der Waals surface area contributed by atoms with Crippen molar-refractivity contribution in [2.45, 2.75) is 46.1 Å². The van der Waals surface area contributed by atoms with Gasteiger partial charge < -0.3 is 19.3 Å². The average molecular weight is 458 g/mol. The number of carboxylic acids is 1. The summed E-state index contributed by atoms with van der Waals surface area (Å²) in [6.07, 6.45) is 3.70. The zero-order chi connectivity index (χ0) is 24.0. The number of hydrogen-bond acceptors (Lipinski definition) is 6. The van der Waals surface area contributed by atoms with Crippen molar-refractivity contribution in [2.24, 2.45) is 17.8 Å². The van der Waals surface area contributed by atoms with Crippen molar-refractivity contribution in [2.75, 3.05) is 13.2 Å². The molecule has 3 atom stereocenters. The molecule has 1 saturated carbocycles. The maximum absolute atomic E-state index is 11.4. The van der Waals surface area contributed by atoms with Gasteiger partial charge in [-0.15, -0.1) is 0 Å². The second-order valence-corrected chi connectivity index (χ2v) is 8.81. The standard InChI is InChI=1S/C25H31NO7/c1-16(2)24-17(3)5-4-6-22(24)32-14-13-31-20-11-12-21(26(29)30)23(15-20)33-19-9-7-18(8-10-19)25(27)28/h7-12,15-17,22,24H,4-6,13-14H2,1-3H3,(H,27,28). The number of rotatable bonds is 10. The first-order valence-corrected chi connectivity index (χ1v) is 11.3. The predicted molar refractivity (Wildman–Crippen MR) is 123 cm³/mol. The van der Waals surface area contributed by atoms with Gasteiger partial charge in [-0.05, 0) is 54.5 Å². The van der Waals surface area contributed by atoms with E-state index in [1.165, 1.54) is 55.3 Å². The molecule has 0 radical (unpaired) electrons. The molecular weight excluding hydrogens is 426 g/mol. The first-order chi connectivity index (χ1) is 15.8. The van der Waals surface area contributed by atoms with Gasteiger partial charge in [-0.1, -0.05) is 33.6 Å². The van der Waals surface area contributed by atoms with Gasteiger partial charge in [-0.2, -0.15) is 0 Å². The third-order valence-corrected chi connectivity index (χ3v) is 6.15. The van der Waals surface area contributed by atoms with E-state index in [1.807, 2.05) is 0 Å². The zero-order valence-electron chi connectivity index (χ0n) is 19.2. The number of benzene rings is 2. The number of nitrogens with zero attached hydrogens (tertiary/aromatic N) is 1. The summed E-state index contributed by atoms with van der Waals surface area (Å²) >= 11 is 0. The molecule has 178 valence electrons. The first-order valence-electron chi connectivity index (χ1n) is 11.3. The summed E-state index contributed by atoms with van der Waals surface area (Å²) in [5.41, 5.74) is -0.113. The molecule has 33 heavy (non-hydrogen) atoms. The summed E-state index contributed by atoms with van der Waals surface area (Å²) < 4.78 is 17.6. The highest BCUT2D eigenvalue weighted by Crippen LogP contribution is 2.37. The lowest BCUT2D eigenvalue weighted by atomic mass is 9.72. The Balaban J connectivity index is 1.62. The quantitative estimate of drug-likeness (QED) is 0.267. The molecule has 1 N–H and O–H groups in total. The number of aromatic carboxylic acids is 1. The van der Waals surface area contributed by atoms with Crippen molar-refractivity contribution in [1.82, 2.24) is 0 Å². The minimum absolute atomic E-state index is 0.0162. The molecule has 2 aromatic carbocycles. The minimum atomic E-state index is -1.06. The number of nitro groups is 1. The van der Waals surface area contributed by atoms with Crippen LogP contribution in [0, 0.1) is 27.9 Å². The van der Waals surface area contributed by atoms with Crippen LogP contribution < -0.4 is 9.47 Å². The second kappa shape index (κ2) is 11.1. The van der Waals surface area contributed by atoms with E-state index in [-0.39, 0.29) is 28.9 Å². The molecular formula is C25H31NO7. The molecule has 0 bridgehead atoms. The Labute approximate surface area is 193 Å². The van der Waals surface area contributed by atoms with Crippen molar-refractivity contribution in [3.63, 3.8) is 0 Å². The Bertz CT molecular complexity index is 958. The average Bonchev–Trinajstić information content (AvgIpc) is 2.77. The monoisotopic (exact) mass is 457 g/mol. The van der Waals surface area contributed by atoms with E-state index in [2.05, 4.69) is 20.8 Å². The summed E-state index contributed by atoms with van der Waals surface area (Å²) in [5, 5.41) is 20.4. The summed E-state index contributed by atoms with van der Waals surface area (Å²) in [5.74, 6) is 1.41. The number of ether oxygens (including phenoxy) is 3. The lowest BCUT2D eigenvalue weighted by Crippen LogP contribution is -2.37. The molecule has 0 aliphatic heterocycles. The third-order valence-electron chi connectivity index (χ3n) is 6.15. The molecule has 8 nitrogen and oxygen atoms in total. The minimum Gasteiger partial charge on any atom is -0.491 e. The number of hydrogen-bond donors (Lipinski definition) is 1. The van der Waals surface area contributed by atoms with Gasteiger partial charge in [-0.25, -0.2) is 4.79 Å². The van der Waals surface area contributed by atoms with Gasteiger partial charge in [0.25, 0.3) is 0 Å². The topological polar surface area (TPSA) is 108 Å². The highest BCUT2D eigenvalue weighted by molar-refractivity contribution is 5.87. The normalized spacial score (nSPS) is 20.4. The maximum atomic E-state index is 11.4. The van der Waals surface area contributed by atoms with Crippen LogP contribution in [0.15, 0.2) is 42.5 Å². The van der Waals surface area contributed by atoms with Crippen LogP contribution in [-0.2, 0) is 4.74 Å². The molecule has 3 unspecified atom stereocenters. The second-order valence-electron chi connectivity index (χ2n) is 8.81. The highest BCUT2D eigenvalue weighted by Gasteiger charge is 2.33. The van der Waals surface area contributed by atoms with Crippen LogP contribution in [-0.4, -0.2) is 35.3 Å². The molecule has 0 aromatic heterocycles. The van der Waals surface area contributed by atoms with Gasteiger partial charge in [0.2, 0.25) is 5.75 Å². The van der Waals surface area contributed by atoms with Crippen molar-refractivity contribution >= 4 is 11.7 Å². The molecule has 1 aliphatic rings. The number of carbonyl (C=O) groups is 1. The summed E-state index contributed by atoms with van der Waals surface area (Å²) in [6, 6.07) is 9.96. The van der Waals surface area contributed by atoms with Crippen LogP contribution in [0.5, 0.6) is 17.2 Å². The predicted octanol–water partition coefficient (Wildman–Crippen LogP) is 5.94. The lowest BCUT2D eigenvalue weighted by Gasteiger charge is -2.39. The molecule has 0 heterocycles. The van der Waals surface area contributed by atoms with E-state index in [0.717, 1.165) is 6.42 Å². The molecule has 0 spiro atoms. The van der Waals surface area contributed by atoms with E-state index in [0.29, 0.717) is 36.7 Å². The molecule has 2 aromatic rings. The van der Waals surface area contributed by atoms with Crippen LogP contribution in [0.25, 0.3) is 0 Å². The largest absolute Gasteiger partial charge is 0.491 e. The third kappa shape index (κ3) is 6.44. The van der Waals surface area contributed by atoms with Crippen LogP contribution in [0.2, 0.25) is 0 Å². The van der Waals surface area contributed by atoms with Crippen molar-refractivity contribution in [1.29, 1.82) is 0 Å². The Morgan fingerprint density at radius 1 is 1.12 bits per heavy atom. The fourth-order valence-electron chi connectivity index (χ4n) is 4.64. The Morgan fingerprint density at radius 3 is 2.45 bits per heavy atom. The smallest absolute Gasteiger partial charge is 0.335 e. The fraction of sp³-hybridized carbons (Fsp3) is 0.480. The SMILES string of the molecule is CC(C)C1C(C)CCCC1OCCOc1ccc([N+](=O)[O-])c(Oc2ccc(C(=O)O)cc2)c1. The molecule has 1 fully saturated rings. The van der Waals surface area contributed by atoms with Crippen LogP contribution in [0.4, 0.5) is 5.69 Å². The van der Waals surface area contributed by atoms with Crippen molar-refractivity contribution < 1.29 is 29.0 Å². The fourth-order valence-corrected chi connectivity index (χ4v) is 4.64. The van der Waals surface area contributed by atoms with E-state index in [9.17, 15) is 14.9 Å². The van der Waals surface area contributed by atoms with Gasteiger partial charge in [0, 0.05) is 12.1 Å². The molecule has 8 heteroatoms. The lowest BCUT2D eigenvalue weighted by molar-refractivity contribution is -0.385. The van der Waals surface area contributed by atoms with Gasteiger partial charge in [0.15, 0.2) is 0 Å². The number of nitro benzene ring substituents is 1. The summed E-state index contributed by atoms with van der Waals surface area (Å²) in [7, 11) is 0. The van der Waals surface area contributed by atoms with Gasteiger partial charge in [0.1, 0.15) is 18.1 Å². The Kier molecular flexibility index (Phi) is 8.27. The molecule has 0 amide bonds.